The van der Waals surface area contributed by atoms with Gasteiger partial charge < -0.3 is 5.73 Å². The number of benzene rings is 2. The molecule has 0 amide bonds. The van der Waals surface area contributed by atoms with Gasteiger partial charge in [0.1, 0.15) is 11.6 Å². The Bertz CT molecular complexity index is 749. The molecule has 2 aromatic carbocycles. The van der Waals surface area contributed by atoms with Crippen LogP contribution in [-0.2, 0) is 0 Å². The summed E-state index contributed by atoms with van der Waals surface area (Å²) in [5.41, 5.74) is 7.10. The van der Waals surface area contributed by atoms with Crippen LogP contribution in [0, 0.1) is 11.6 Å². The molecule has 0 aliphatic rings. The van der Waals surface area contributed by atoms with Crippen LogP contribution in [0.3, 0.4) is 0 Å². The maximum atomic E-state index is 13.3. The summed E-state index contributed by atoms with van der Waals surface area (Å²) in [6.07, 6.45) is 0. The largest absolute Gasteiger partial charge is 0.399 e. The van der Waals surface area contributed by atoms with Crippen molar-refractivity contribution in [3.8, 4) is 17.1 Å². The number of rotatable bonds is 2. The standard InChI is InChI=1S/C13H9F2N5/c14-9-5-10(15)7-12(6-9)20-13(17-18-19-20)8-2-1-3-11(16)4-8/h1-7H,16H2. The fourth-order valence-corrected chi connectivity index (χ4v) is 1.88. The van der Waals surface area contributed by atoms with Crippen molar-refractivity contribution < 1.29 is 8.78 Å². The Balaban J connectivity index is 2.15. The van der Waals surface area contributed by atoms with Gasteiger partial charge in [-0.2, -0.15) is 4.68 Å². The van der Waals surface area contributed by atoms with Gasteiger partial charge in [0.05, 0.1) is 5.69 Å². The number of hydrogen-bond donors (Lipinski definition) is 1. The van der Waals surface area contributed by atoms with Crippen LogP contribution in [0.15, 0.2) is 42.5 Å². The summed E-state index contributed by atoms with van der Waals surface area (Å²) in [5.74, 6) is -1.05. The van der Waals surface area contributed by atoms with Gasteiger partial charge in [-0.25, -0.2) is 8.78 Å². The second kappa shape index (κ2) is 4.69. The Morgan fingerprint density at radius 3 is 2.45 bits per heavy atom. The van der Waals surface area contributed by atoms with Crippen molar-refractivity contribution in [1.29, 1.82) is 0 Å². The number of tetrazole rings is 1. The summed E-state index contributed by atoms with van der Waals surface area (Å²) in [5, 5.41) is 11.2. The van der Waals surface area contributed by atoms with E-state index in [1.807, 2.05) is 0 Å². The Labute approximate surface area is 112 Å². The van der Waals surface area contributed by atoms with E-state index in [9.17, 15) is 8.78 Å². The Hall–Kier alpha value is -2.83. The predicted molar refractivity (Wildman–Crippen MR) is 68.9 cm³/mol. The van der Waals surface area contributed by atoms with E-state index in [-0.39, 0.29) is 5.69 Å². The molecule has 3 rings (SSSR count). The first-order valence-electron chi connectivity index (χ1n) is 5.74. The molecule has 0 atom stereocenters. The lowest BCUT2D eigenvalue weighted by atomic mass is 10.2. The minimum atomic E-state index is -0.700. The highest BCUT2D eigenvalue weighted by Crippen LogP contribution is 2.22. The second-order valence-electron chi connectivity index (χ2n) is 4.17. The lowest BCUT2D eigenvalue weighted by Crippen LogP contribution is -2.01. The first kappa shape index (κ1) is 12.2. The number of halogens is 2. The predicted octanol–water partition coefficient (Wildman–Crippen LogP) is 2.19. The van der Waals surface area contributed by atoms with Gasteiger partial charge >= 0.3 is 0 Å². The summed E-state index contributed by atoms with van der Waals surface area (Å²) in [6.45, 7) is 0. The van der Waals surface area contributed by atoms with E-state index < -0.39 is 11.6 Å². The molecule has 5 nitrogen and oxygen atoms in total. The third-order valence-electron chi connectivity index (χ3n) is 2.71. The fourth-order valence-electron chi connectivity index (χ4n) is 1.88. The molecular weight excluding hydrogens is 264 g/mol. The van der Waals surface area contributed by atoms with E-state index in [0.29, 0.717) is 17.1 Å². The lowest BCUT2D eigenvalue weighted by Gasteiger charge is -2.05. The van der Waals surface area contributed by atoms with Gasteiger partial charge in [0.25, 0.3) is 0 Å². The summed E-state index contributed by atoms with van der Waals surface area (Å²) in [7, 11) is 0. The average molecular weight is 273 g/mol. The zero-order valence-corrected chi connectivity index (χ0v) is 10.2. The quantitative estimate of drug-likeness (QED) is 0.727. The van der Waals surface area contributed by atoms with Crippen LogP contribution in [0.25, 0.3) is 17.1 Å². The highest BCUT2D eigenvalue weighted by molar-refractivity contribution is 5.62. The van der Waals surface area contributed by atoms with Crippen molar-refractivity contribution in [3.63, 3.8) is 0 Å². The van der Waals surface area contributed by atoms with Crippen LogP contribution in [-0.4, -0.2) is 20.2 Å². The van der Waals surface area contributed by atoms with Gasteiger partial charge in [0.15, 0.2) is 5.82 Å². The average Bonchev–Trinajstić information content (AvgIpc) is 2.86. The molecule has 1 heterocycles. The molecule has 0 aliphatic carbocycles. The highest BCUT2D eigenvalue weighted by Gasteiger charge is 2.12. The number of hydrogen-bond acceptors (Lipinski definition) is 4. The van der Waals surface area contributed by atoms with E-state index in [1.54, 1.807) is 24.3 Å². The lowest BCUT2D eigenvalue weighted by molar-refractivity contribution is 0.579. The van der Waals surface area contributed by atoms with Crippen molar-refractivity contribution >= 4 is 5.69 Å². The number of nitrogen functional groups attached to an aromatic ring is 1. The van der Waals surface area contributed by atoms with Crippen molar-refractivity contribution in [3.05, 3.63) is 54.1 Å². The molecule has 0 saturated carbocycles. The molecule has 0 bridgehead atoms. The fraction of sp³-hybridized carbons (Fsp3) is 0. The van der Waals surface area contributed by atoms with E-state index in [4.69, 9.17) is 5.73 Å². The van der Waals surface area contributed by atoms with Crippen LogP contribution in [0.4, 0.5) is 14.5 Å². The Kier molecular flexibility index (Phi) is 2.86. The zero-order chi connectivity index (χ0) is 14.1. The van der Waals surface area contributed by atoms with Gasteiger partial charge in [-0.1, -0.05) is 12.1 Å². The first-order chi connectivity index (χ1) is 9.63. The summed E-state index contributed by atoms with van der Waals surface area (Å²) >= 11 is 0. The molecular formula is C13H9F2N5. The molecule has 0 radical (unpaired) electrons. The summed E-state index contributed by atoms with van der Waals surface area (Å²) in [6, 6.07) is 9.99. The molecule has 0 saturated heterocycles. The highest BCUT2D eigenvalue weighted by atomic mass is 19.1. The van der Waals surface area contributed by atoms with Crippen molar-refractivity contribution in [1.82, 2.24) is 20.2 Å². The van der Waals surface area contributed by atoms with Gasteiger partial charge in [0, 0.05) is 17.3 Å². The van der Waals surface area contributed by atoms with Crippen LogP contribution < -0.4 is 5.73 Å². The SMILES string of the molecule is Nc1cccc(-c2nnnn2-c2cc(F)cc(F)c2)c1. The maximum Gasteiger partial charge on any atom is 0.187 e. The molecule has 0 aliphatic heterocycles. The van der Waals surface area contributed by atoms with Crippen LogP contribution in [0.5, 0.6) is 0 Å². The molecule has 1 aromatic heterocycles. The molecule has 7 heteroatoms. The van der Waals surface area contributed by atoms with E-state index >= 15 is 0 Å². The van der Waals surface area contributed by atoms with Gasteiger partial charge in [-0.05, 0) is 34.7 Å². The van der Waals surface area contributed by atoms with E-state index in [1.165, 1.54) is 4.68 Å². The van der Waals surface area contributed by atoms with Crippen molar-refractivity contribution in [2.75, 3.05) is 5.73 Å². The molecule has 2 N–H and O–H groups in total. The summed E-state index contributed by atoms with van der Waals surface area (Å²) in [4.78, 5) is 0. The van der Waals surface area contributed by atoms with Gasteiger partial charge in [-0.3, -0.25) is 0 Å². The summed E-state index contributed by atoms with van der Waals surface area (Å²) < 4.78 is 27.8. The Morgan fingerprint density at radius 1 is 1.00 bits per heavy atom. The Morgan fingerprint density at radius 2 is 1.75 bits per heavy atom. The van der Waals surface area contributed by atoms with Gasteiger partial charge in [-0.15, -0.1) is 5.10 Å². The molecule has 0 spiro atoms. The van der Waals surface area contributed by atoms with Crippen LogP contribution in [0.2, 0.25) is 0 Å². The van der Waals surface area contributed by atoms with Crippen LogP contribution in [0.1, 0.15) is 0 Å². The molecule has 100 valence electrons. The van der Waals surface area contributed by atoms with Gasteiger partial charge in [0.2, 0.25) is 0 Å². The number of aromatic nitrogens is 4. The minimum absolute atomic E-state index is 0.199. The number of anilines is 1. The monoisotopic (exact) mass is 273 g/mol. The van der Waals surface area contributed by atoms with Crippen molar-refractivity contribution in [2.45, 2.75) is 0 Å². The first-order valence-corrected chi connectivity index (χ1v) is 5.74. The van der Waals surface area contributed by atoms with Crippen LogP contribution >= 0.6 is 0 Å². The smallest absolute Gasteiger partial charge is 0.187 e. The third-order valence-corrected chi connectivity index (χ3v) is 2.71. The molecule has 3 aromatic rings. The van der Waals surface area contributed by atoms with Crippen molar-refractivity contribution in [2.24, 2.45) is 0 Å². The maximum absolute atomic E-state index is 13.3. The zero-order valence-electron chi connectivity index (χ0n) is 10.2. The van der Waals surface area contributed by atoms with E-state index in [2.05, 4.69) is 15.5 Å². The third kappa shape index (κ3) is 2.20. The van der Waals surface area contributed by atoms with E-state index in [0.717, 1.165) is 18.2 Å². The second-order valence-corrected chi connectivity index (χ2v) is 4.17. The molecule has 20 heavy (non-hydrogen) atoms. The number of nitrogens with two attached hydrogens (primary N) is 1. The number of nitrogens with zero attached hydrogens (tertiary/aromatic N) is 4. The normalized spacial score (nSPS) is 10.7. The molecule has 0 unspecified atom stereocenters. The molecule has 0 fully saturated rings. The topological polar surface area (TPSA) is 69.6 Å². The minimum Gasteiger partial charge on any atom is -0.399 e.